The Labute approximate surface area is 203 Å². The Hall–Kier alpha value is -3.46. The predicted molar refractivity (Wildman–Crippen MR) is 139 cm³/mol. The average Bonchev–Trinajstić information content (AvgIpc) is 2.83. The molecule has 0 amide bonds. The van der Waals surface area contributed by atoms with Crippen LogP contribution in [0, 0.1) is 0 Å². The van der Waals surface area contributed by atoms with E-state index < -0.39 is 0 Å². The molecular formula is C25H29N7OS. The van der Waals surface area contributed by atoms with Gasteiger partial charge in [0.05, 0.1) is 21.8 Å². The Kier molecular flexibility index (Phi) is 6.83. The molecule has 2 atom stereocenters. The highest BCUT2D eigenvalue weighted by Crippen LogP contribution is 2.34. The summed E-state index contributed by atoms with van der Waals surface area (Å²) in [7, 11) is 3.70. The second-order valence-corrected chi connectivity index (χ2v) is 9.77. The highest BCUT2D eigenvalue weighted by Gasteiger charge is 2.20. The van der Waals surface area contributed by atoms with Gasteiger partial charge in [0, 0.05) is 14.1 Å². The second kappa shape index (κ2) is 9.80. The van der Waals surface area contributed by atoms with Crippen LogP contribution in [0.4, 0.5) is 11.9 Å². The minimum Gasteiger partial charge on any atom is -0.368 e. The van der Waals surface area contributed by atoms with E-state index in [4.69, 9.17) is 10.7 Å². The summed E-state index contributed by atoms with van der Waals surface area (Å²) < 4.78 is 1.67. The summed E-state index contributed by atoms with van der Waals surface area (Å²) in [6.07, 6.45) is 1.06. The molecule has 2 N–H and O–H groups in total. The average molecular weight is 476 g/mol. The van der Waals surface area contributed by atoms with Crippen molar-refractivity contribution in [1.29, 1.82) is 0 Å². The molecule has 0 fully saturated rings. The van der Waals surface area contributed by atoms with Crippen LogP contribution < -0.4 is 16.2 Å². The van der Waals surface area contributed by atoms with E-state index in [9.17, 15) is 4.79 Å². The Morgan fingerprint density at radius 3 is 2.38 bits per heavy atom. The molecule has 4 aromatic rings. The zero-order valence-corrected chi connectivity index (χ0v) is 20.9. The van der Waals surface area contributed by atoms with Crippen molar-refractivity contribution in [2.24, 2.45) is 0 Å². The fraction of sp³-hybridized carbons (Fsp3) is 0.320. The Morgan fingerprint density at radius 1 is 1.00 bits per heavy atom. The third kappa shape index (κ3) is 4.75. The number of para-hydroxylation sites is 1. The molecule has 2 unspecified atom stereocenters. The number of anilines is 2. The highest BCUT2D eigenvalue weighted by atomic mass is 32.2. The van der Waals surface area contributed by atoms with E-state index in [-0.39, 0.29) is 16.8 Å². The van der Waals surface area contributed by atoms with Gasteiger partial charge in [-0.2, -0.15) is 15.0 Å². The number of hydrogen-bond donors (Lipinski definition) is 1. The predicted octanol–water partition coefficient (Wildman–Crippen LogP) is 4.59. The van der Waals surface area contributed by atoms with E-state index in [2.05, 4.69) is 40.9 Å². The van der Waals surface area contributed by atoms with Gasteiger partial charge >= 0.3 is 0 Å². The minimum absolute atomic E-state index is 0.110. The largest absolute Gasteiger partial charge is 0.368 e. The molecule has 2 heterocycles. The van der Waals surface area contributed by atoms with Crippen molar-refractivity contribution in [1.82, 2.24) is 24.5 Å². The van der Waals surface area contributed by atoms with Crippen molar-refractivity contribution < 1.29 is 0 Å². The number of benzene rings is 2. The molecule has 8 nitrogen and oxygen atoms in total. The minimum atomic E-state index is -0.220. The number of fused-ring (bicyclic) bond motifs is 1. The molecule has 9 heteroatoms. The first-order valence-corrected chi connectivity index (χ1v) is 12.1. The summed E-state index contributed by atoms with van der Waals surface area (Å²) in [6, 6.07) is 15.5. The molecule has 0 radical (unpaired) electrons. The maximum atomic E-state index is 13.6. The highest BCUT2D eigenvalue weighted by molar-refractivity contribution is 7.99. The summed E-state index contributed by atoms with van der Waals surface area (Å²) in [5.74, 6) is 1.63. The first-order chi connectivity index (χ1) is 16.3. The maximum absolute atomic E-state index is 13.6. The Morgan fingerprint density at radius 2 is 1.71 bits per heavy atom. The van der Waals surface area contributed by atoms with Gasteiger partial charge in [-0.3, -0.25) is 9.36 Å². The van der Waals surface area contributed by atoms with Gasteiger partial charge in [0.1, 0.15) is 5.82 Å². The summed E-state index contributed by atoms with van der Waals surface area (Å²) in [6.45, 7) is 6.34. The van der Waals surface area contributed by atoms with Crippen molar-refractivity contribution in [2.45, 2.75) is 43.5 Å². The number of nitrogens with two attached hydrogens (primary N) is 1. The summed E-state index contributed by atoms with van der Waals surface area (Å²) >= 11 is 1.42. The van der Waals surface area contributed by atoms with Gasteiger partial charge in [-0.05, 0) is 49.1 Å². The van der Waals surface area contributed by atoms with E-state index in [0.29, 0.717) is 33.8 Å². The fourth-order valence-corrected chi connectivity index (χ4v) is 4.57. The number of aromatic nitrogens is 5. The molecule has 0 aliphatic rings. The van der Waals surface area contributed by atoms with E-state index in [1.165, 1.54) is 17.3 Å². The Bertz CT molecular complexity index is 1370. The van der Waals surface area contributed by atoms with Gasteiger partial charge in [-0.25, -0.2) is 4.98 Å². The van der Waals surface area contributed by atoms with Crippen molar-refractivity contribution >= 4 is 34.6 Å². The fourth-order valence-electron chi connectivity index (χ4n) is 3.60. The lowest BCUT2D eigenvalue weighted by Crippen LogP contribution is -2.22. The van der Waals surface area contributed by atoms with Crippen LogP contribution in [0.2, 0.25) is 0 Å². The molecule has 2 aromatic heterocycles. The normalized spacial score (nSPS) is 13.1. The van der Waals surface area contributed by atoms with E-state index >= 15 is 0 Å². The monoisotopic (exact) mass is 475 g/mol. The maximum Gasteiger partial charge on any atom is 0.266 e. The van der Waals surface area contributed by atoms with Gasteiger partial charge in [0.15, 0.2) is 5.16 Å². The molecule has 0 saturated heterocycles. The molecule has 0 aliphatic carbocycles. The van der Waals surface area contributed by atoms with E-state index in [1.807, 2.05) is 57.4 Å². The SMILES string of the molecule is CCC(C)c1ccc(-n2c(SC(C)c3nc(N)nc(N(C)C)n3)nc3ccccc3c2=O)cc1. The third-order valence-corrected chi connectivity index (χ3v) is 6.83. The van der Waals surface area contributed by atoms with Crippen LogP contribution in [-0.4, -0.2) is 38.6 Å². The number of nitrogen functional groups attached to an aromatic ring is 1. The van der Waals surface area contributed by atoms with Gasteiger partial charge in [0.2, 0.25) is 11.9 Å². The molecule has 4 rings (SSSR count). The summed E-state index contributed by atoms with van der Waals surface area (Å²) in [4.78, 5) is 33.3. The van der Waals surface area contributed by atoms with Crippen LogP contribution in [0.3, 0.4) is 0 Å². The van der Waals surface area contributed by atoms with Crippen LogP contribution in [-0.2, 0) is 0 Å². The quantitative estimate of drug-likeness (QED) is 0.306. The van der Waals surface area contributed by atoms with Crippen LogP contribution in [0.15, 0.2) is 58.5 Å². The Balaban J connectivity index is 1.81. The smallest absolute Gasteiger partial charge is 0.266 e. The van der Waals surface area contributed by atoms with Crippen LogP contribution >= 0.6 is 11.8 Å². The molecule has 0 bridgehead atoms. The molecule has 2 aromatic carbocycles. The van der Waals surface area contributed by atoms with Crippen molar-refractivity contribution in [2.75, 3.05) is 24.7 Å². The van der Waals surface area contributed by atoms with Gasteiger partial charge in [-0.15, -0.1) is 0 Å². The molecule has 34 heavy (non-hydrogen) atoms. The molecule has 0 aliphatic heterocycles. The number of hydrogen-bond acceptors (Lipinski definition) is 8. The lowest BCUT2D eigenvalue weighted by Gasteiger charge is -2.18. The molecule has 176 valence electrons. The standard InChI is InChI=1S/C25H29N7OS/c1-6-15(2)17-11-13-18(14-12-17)32-22(33)19-9-7-8-10-20(19)27-25(32)34-16(3)21-28-23(26)30-24(29-21)31(4)5/h7-16H,6H2,1-5H3,(H2,26,28,29,30). The summed E-state index contributed by atoms with van der Waals surface area (Å²) in [5.41, 5.74) is 8.49. The van der Waals surface area contributed by atoms with Crippen LogP contribution in [0.5, 0.6) is 0 Å². The topological polar surface area (TPSA) is 103 Å². The zero-order chi connectivity index (χ0) is 24.4. The number of thioether (sulfide) groups is 1. The van der Waals surface area contributed by atoms with Gasteiger partial charge < -0.3 is 10.6 Å². The van der Waals surface area contributed by atoms with Crippen molar-refractivity contribution in [3.63, 3.8) is 0 Å². The van der Waals surface area contributed by atoms with Crippen LogP contribution in [0.25, 0.3) is 16.6 Å². The third-order valence-electron chi connectivity index (χ3n) is 5.78. The number of rotatable bonds is 7. The van der Waals surface area contributed by atoms with Gasteiger partial charge in [0.25, 0.3) is 5.56 Å². The van der Waals surface area contributed by atoms with E-state index in [1.54, 1.807) is 9.47 Å². The first-order valence-electron chi connectivity index (χ1n) is 11.3. The molecular weight excluding hydrogens is 446 g/mol. The zero-order valence-electron chi connectivity index (χ0n) is 20.1. The van der Waals surface area contributed by atoms with Crippen molar-refractivity contribution in [3.8, 4) is 5.69 Å². The number of nitrogens with zero attached hydrogens (tertiary/aromatic N) is 6. The lowest BCUT2D eigenvalue weighted by molar-refractivity contribution is 0.732. The molecule has 0 spiro atoms. The first kappa shape index (κ1) is 23.7. The van der Waals surface area contributed by atoms with Crippen molar-refractivity contribution in [3.05, 3.63) is 70.3 Å². The summed E-state index contributed by atoms with van der Waals surface area (Å²) in [5, 5.41) is 0.922. The van der Waals surface area contributed by atoms with Crippen LogP contribution in [0.1, 0.15) is 49.7 Å². The second-order valence-electron chi connectivity index (χ2n) is 8.46. The van der Waals surface area contributed by atoms with Gasteiger partial charge in [-0.1, -0.05) is 49.9 Å². The van der Waals surface area contributed by atoms with E-state index in [0.717, 1.165) is 12.1 Å². The lowest BCUT2D eigenvalue weighted by atomic mass is 9.98. The molecule has 0 saturated carbocycles.